The van der Waals surface area contributed by atoms with Gasteiger partial charge in [-0.1, -0.05) is 12.0 Å². The van der Waals surface area contributed by atoms with Crippen LogP contribution in [0.25, 0.3) is 0 Å². The first-order chi connectivity index (χ1) is 12.4. The van der Waals surface area contributed by atoms with E-state index in [9.17, 15) is 14.4 Å². The van der Waals surface area contributed by atoms with Gasteiger partial charge in [0, 0.05) is 6.54 Å². The number of amides is 3. The van der Waals surface area contributed by atoms with Crippen LogP contribution in [0.4, 0.5) is 9.59 Å². The van der Waals surface area contributed by atoms with Gasteiger partial charge in [-0.15, -0.1) is 0 Å². The van der Waals surface area contributed by atoms with Crippen molar-refractivity contribution < 1.29 is 28.7 Å². The van der Waals surface area contributed by atoms with Gasteiger partial charge in [-0.2, -0.15) is 0 Å². The molecule has 0 fully saturated rings. The minimum absolute atomic E-state index is 0.0715. The van der Waals surface area contributed by atoms with E-state index in [4.69, 9.17) is 14.3 Å². The molecule has 0 aromatic heterocycles. The fraction of sp³-hybridized carbons (Fsp3) is 0.833. The molecule has 0 bridgehead atoms. The van der Waals surface area contributed by atoms with Crippen LogP contribution in [-0.4, -0.2) is 60.6 Å². The topological polar surface area (TPSA) is 106 Å². The third-order valence-corrected chi connectivity index (χ3v) is 2.69. The van der Waals surface area contributed by atoms with E-state index in [0.29, 0.717) is 24.6 Å². The van der Waals surface area contributed by atoms with E-state index in [2.05, 4.69) is 10.6 Å². The van der Waals surface area contributed by atoms with Crippen molar-refractivity contribution in [3.8, 4) is 0 Å². The normalized spacial score (nSPS) is 11.7. The van der Waals surface area contributed by atoms with Crippen molar-refractivity contribution in [1.82, 2.24) is 15.7 Å². The number of hydrogen-bond donors (Lipinski definition) is 2. The summed E-state index contributed by atoms with van der Waals surface area (Å²) in [4.78, 5) is 41.1. The predicted octanol–water partition coefficient (Wildman–Crippen LogP) is 2.60. The van der Waals surface area contributed by atoms with Gasteiger partial charge in [-0.3, -0.25) is 9.63 Å². The zero-order valence-electron chi connectivity index (χ0n) is 17.6. The molecular weight excluding hydrogens is 354 g/mol. The third-order valence-electron chi connectivity index (χ3n) is 2.69. The van der Waals surface area contributed by atoms with Crippen molar-refractivity contribution in [2.45, 2.75) is 72.5 Å². The maximum absolute atomic E-state index is 12.2. The fourth-order valence-corrected chi connectivity index (χ4v) is 1.67. The Morgan fingerprint density at radius 2 is 1.41 bits per heavy atom. The minimum atomic E-state index is -0.941. The third kappa shape index (κ3) is 13.9. The first-order valence-corrected chi connectivity index (χ1v) is 9.22. The van der Waals surface area contributed by atoms with E-state index in [1.165, 1.54) is 0 Å². The molecule has 3 amide bonds. The number of imide groups is 1. The molecule has 0 radical (unpaired) electrons. The van der Waals surface area contributed by atoms with E-state index in [0.717, 1.165) is 6.42 Å². The molecule has 0 saturated carbocycles. The summed E-state index contributed by atoms with van der Waals surface area (Å²) in [7, 11) is 0. The molecule has 0 aliphatic carbocycles. The molecule has 0 aromatic carbocycles. The van der Waals surface area contributed by atoms with Crippen molar-refractivity contribution in [3.05, 3.63) is 0 Å². The van der Waals surface area contributed by atoms with Gasteiger partial charge in [0.2, 0.25) is 5.91 Å². The quantitative estimate of drug-likeness (QED) is 0.461. The Kier molecular flexibility index (Phi) is 10.9. The van der Waals surface area contributed by atoms with Crippen molar-refractivity contribution in [3.63, 3.8) is 0 Å². The molecule has 158 valence electrons. The van der Waals surface area contributed by atoms with E-state index in [-0.39, 0.29) is 19.1 Å². The molecule has 0 saturated heterocycles. The molecule has 0 unspecified atom stereocenters. The highest BCUT2D eigenvalue weighted by molar-refractivity contribution is 5.86. The Bertz CT molecular complexity index is 454. The van der Waals surface area contributed by atoms with Gasteiger partial charge < -0.3 is 20.1 Å². The molecule has 0 heterocycles. The Hall–Kier alpha value is -1.87. The second kappa shape index (κ2) is 11.8. The Morgan fingerprint density at radius 1 is 0.889 bits per heavy atom. The largest absolute Gasteiger partial charge is 0.444 e. The van der Waals surface area contributed by atoms with E-state index >= 15 is 0 Å². The summed E-state index contributed by atoms with van der Waals surface area (Å²) < 4.78 is 10.4. The molecule has 0 spiro atoms. The van der Waals surface area contributed by atoms with Crippen molar-refractivity contribution in [2.24, 2.45) is 0 Å². The van der Waals surface area contributed by atoms with Gasteiger partial charge in [0.1, 0.15) is 11.2 Å². The lowest BCUT2D eigenvalue weighted by Crippen LogP contribution is -2.44. The summed E-state index contributed by atoms with van der Waals surface area (Å²) in [5.74, 6) is -0.0816. The molecule has 9 nitrogen and oxygen atoms in total. The number of carbonyl (C=O) groups is 3. The highest BCUT2D eigenvalue weighted by Gasteiger charge is 2.32. The number of hydroxylamine groups is 2. The number of hydrogen-bond acceptors (Lipinski definition) is 7. The van der Waals surface area contributed by atoms with Crippen LogP contribution < -0.4 is 10.6 Å². The van der Waals surface area contributed by atoms with Crippen LogP contribution in [0.2, 0.25) is 0 Å². The van der Waals surface area contributed by atoms with Crippen LogP contribution in [0, 0.1) is 0 Å². The summed E-state index contributed by atoms with van der Waals surface area (Å²) in [5, 5.41) is 6.20. The number of nitrogens with one attached hydrogen (secondary N) is 2. The summed E-state index contributed by atoms with van der Waals surface area (Å²) in [6, 6.07) is 0. The lowest BCUT2D eigenvalue weighted by Gasteiger charge is -2.27. The van der Waals surface area contributed by atoms with Gasteiger partial charge in [-0.05, 0) is 60.9 Å². The van der Waals surface area contributed by atoms with Crippen LogP contribution >= 0.6 is 0 Å². The molecule has 9 heteroatoms. The average Bonchev–Trinajstić information content (AvgIpc) is 2.48. The van der Waals surface area contributed by atoms with Crippen molar-refractivity contribution in [2.75, 3.05) is 26.2 Å². The lowest BCUT2D eigenvalue weighted by molar-refractivity contribution is -0.138. The van der Waals surface area contributed by atoms with Crippen molar-refractivity contribution in [1.29, 1.82) is 0 Å². The van der Waals surface area contributed by atoms with Gasteiger partial charge >= 0.3 is 12.2 Å². The maximum atomic E-state index is 12.2. The molecule has 0 rings (SSSR count). The van der Waals surface area contributed by atoms with E-state index < -0.39 is 23.4 Å². The smallest absolute Gasteiger partial charge is 0.442 e. The van der Waals surface area contributed by atoms with Gasteiger partial charge in [0.15, 0.2) is 0 Å². The van der Waals surface area contributed by atoms with Gasteiger partial charge in [0.25, 0.3) is 0 Å². The molecule has 27 heavy (non-hydrogen) atoms. The molecule has 0 atom stereocenters. The first kappa shape index (κ1) is 25.1. The maximum Gasteiger partial charge on any atom is 0.444 e. The molecule has 0 aliphatic heterocycles. The Balaban J connectivity index is 4.45. The standard InChI is InChI=1S/C18H35N3O6/c1-8-10-20-14(22)13-19-11-9-12-25-21(15(23)26-17(2,3)4)16(24)27-18(5,6)7/h19H,8-13H2,1-7H3,(H,20,22). The molecule has 0 aromatic rings. The summed E-state index contributed by atoms with van der Waals surface area (Å²) in [5.41, 5.74) is -1.57. The van der Waals surface area contributed by atoms with Crippen LogP contribution in [0.5, 0.6) is 0 Å². The highest BCUT2D eigenvalue weighted by Crippen LogP contribution is 2.14. The molecule has 0 aliphatic rings. The number of carbonyl (C=O) groups excluding carboxylic acids is 3. The fourth-order valence-electron chi connectivity index (χ4n) is 1.67. The number of nitrogens with zero attached hydrogens (tertiary/aromatic N) is 1. The SMILES string of the molecule is CCCNC(=O)CNCCCON(C(=O)OC(C)(C)C)C(=O)OC(C)(C)C. The van der Waals surface area contributed by atoms with Crippen molar-refractivity contribution >= 4 is 18.1 Å². The van der Waals surface area contributed by atoms with Gasteiger partial charge in [-0.25, -0.2) is 9.59 Å². The summed E-state index contributed by atoms with van der Waals surface area (Å²) >= 11 is 0. The van der Waals surface area contributed by atoms with E-state index in [1.54, 1.807) is 41.5 Å². The average molecular weight is 389 g/mol. The minimum Gasteiger partial charge on any atom is -0.442 e. The second-order valence-corrected chi connectivity index (χ2v) is 7.97. The zero-order chi connectivity index (χ0) is 21.1. The van der Waals surface area contributed by atoms with Crippen LogP contribution in [0.1, 0.15) is 61.3 Å². The molecular formula is C18H35N3O6. The lowest BCUT2D eigenvalue weighted by atomic mass is 10.2. The summed E-state index contributed by atoms with van der Waals surface area (Å²) in [6.07, 6.45) is -0.527. The summed E-state index contributed by atoms with van der Waals surface area (Å²) in [6.45, 7) is 13.5. The van der Waals surface area contributed by atoms with Gasteiger partial charge in [0.05, 0.1) is 13.2 Å². The predicted molar refractivity (Wildman–Crippen MR) is 101 cm³/mol. The van der Waals surface area contributed by atoms with Crippen LogP contribution in [0.3, 0.4) is 0 Å². The Labute approximate surface area is 162 Å². The number of ether oxygens (including phenoxy) is 2. The van der Waals surface area contributed by atoms with Crippen LogP contribution in [-0.2, 0) is 19.1 Å². The number of rotatable bonds is 9. The first-order valence-electron chi connectivity index (χ1n) is 9.22. The van der Waals surface area contributed by atoms with E-state index in [1.807, 2.05) is 6.92 Å². The molecule has 2 N–H and O–H groups in total. The zero-order valence-corrected chi connectivity index (χ0v) is 17.6. The Morgan fingerprint density at radius 3 is 1.85 bits per heavy atom. The second-order valence-electron chi connectivity index (χ2n) is 7.97. The highest BCUT2D eigenvalue weighted by atomic mass is 16.8. The monoisotopic (exact) mass is 389 g/mol. The van der Waals surface area contributed by atoms with Crippen LogP contribution in [0.15, 0.2) is 0 Å².